The van der Waals surface area contributed by atoms with Crippen LogP contribution in [0, 0.1) is 0 Å². The summed E-state index contributed by atoms with van der Waals surface area (Å²) in [5.41, 5.74) is 0. The normalized spacial score (nSPS) is 16.5. The van der Waals surface area contributed by atoms with Crippen molar-refractivity contribution >= 4 is 0 Å². The molecule has 0 rings (SSSR count). The molecule has 2 nitrogen and oxygen atoms in total. The Hall–Kier alpha value is -1.27. The maximum absolute atomic E-state index is 12.9. The Morgan fingerprint density at radius 2 is 0.714 bits per heavy atom. The molecule has 19 heteroatoms. The quantitative estimate of drug-likeness (QED) is 0.417. The first-order chi connectivity index (χ1) is 11.7. The highest BCUT2D eigenvalue weighted by Gasteiger charge is 2.89. The van der Waals surface area contributed by atoms with Crippen molar-refractivity contribution in [1.29, 1.82) is 0 Å². The summed E-state index contributed by atoms with van der Waals surface area (Å²) in [6.45, 7) is -0.720. The Bertz CT molecular complexity index is 556. The fourth-order valence-corrected chi connectivity index (χ4v) is 1.13. The lowest BCUT2D eigenvalue weighted by molar-refractivity contribution is -0.542. The third-order valence-electron chi connectivity index (χ3n) is 2.41. The second kappa shape index (κ2) is 6.63. The molecule has 0 amide bonds. The molecular weight excluding hydrogens is 463 g/mol. The van der Waals surface area contributed by atoms with Gasteiger partial charge >= 0.3 is 48.4 Å². The lowest BCUT2D eigenvalue weighted by Crippen LogP contribution is -2.68. The first-order valence-corrected chi connectivity index (χ1v) is 5.78. The summed E-state index contributed by atoms with van der Waals surface area (Å²) < 4.78 is 215. The van der Waals surface area contributed by atoms with E-state index in [9.17, 15) is 74.6 Å². The van der Waals surface area contributed by atoms with Gasteiger partial charge in [-0.25, -0.2) is 9.47 Å². The van der Waals surface area contributed by atoms with Gasteiger partial charge in [0, 0.05) is 6.92 Å². The van der Waals surface area contributed by atoms with Crippen molar-refractivity contribution in [1.82, 2.24) is 0 Å². The zero-order valence-corrected chi connectivity index (χ0v) is 12.2. The fourth-order valence-electron chi connectivity index (χ4n) is 1.13. The minimum absolute atomic E-state index is 0.720. The topological polar surface area (TPSA) is 18.5 Å². The molecule has 0 radical (unpaired) electrons. The summed E-state index contributed by atoms with van der Waals surface area (Å²) in [4.78, 5) is 0. The van der Waals surface area contributed by atoms with E-state index >= 15 is 0 Å². The van der Waals surface area contributed by atoms with E-state index in [0.29, 0.717) is 0 Å². The first kappa shape index (κ1) is 26.7. The fraction of sp³-hybridized carbons (Fsp3) is 1.00. The Balaban J connectivity index is 6.11. The molecule has 0 saturated carbocycles. The molecule has 0 aliphatic rings. The van der Waals surface area contributed by atoms with Gasteiger partial charge in [0.05, 0.1) is 0 Å². The van der Waals surface area contributed by atoms with Crippen LogP contribution in [0.25, 0.3) is 0 Å². The minimum atomic E-state index is -8.25. The Labute approximate surface area is 141 Å². The highest BCUT2D eigenvalue weighted by Crippen LogP contribution is 2.59. The van der Waals surface area contributed by atoms with E-state index in [4.69, 9.17) is 0 Å². The van der Waals surface area contributed by atoms with Crippen LogP contribution in [-0.4, -0.2) is 48.4 Å². The van der Waals surface area contributed by atoms with Crippen LogP contribution in [0.1, 0.15) is 6.92 Å². The van der Waals surface area contributed by atoms with Gasteiger partial charge in [-0.05, 0) is 0 Å². The van der Waals surface area contributed by atoms with E-state index < -0.39 is 55.3 Å². The molecular formula is C9H3F17O2. The van der Waals surface area contributed by atoms with E-state index in [0.717, 1.165) is 0 Å². The van der Waals surface area contributed by atoms with Crippen molar-refractivity contribution in [3.05, 3.63) is 0 Å². The second-order valence-corrected chi connectivity index (χ2v) is 4.78. The second-order valence-electron chi connectivity index (χ2n) is 4.78. The molecule has 0 spiro atoms. The summed E-state index contributed by atoms with van der Waals surface area (Å²) in [5, 5.41) is 0. The van der Waals surface area contributed by atoms with Gasteiger partial charge in [0.2, 0.25) is 0 Å². The summed E-state index contributed by atoms with van der Waals surface area (Å²) in [5.74, 6) is -24.5. The monoisotopic (exact) mass is 466 g/mol. The maximum atomic E-state index is 12.9. The van der Waals surface area contributed by atoms with Gasteiger partial charge in [-0.15, -0.1) is 0 Å². The van der Waals surface area contributed by atoms with Crippen LogP contribution in [0.4, 0.5) is 74.6 Å². The van der Waals surface area contributed by atoms with Crippen LogP contribution in [0.15, 0.2) is 0 Å². The molecule has 0 aromatic rings. The molecule has 28 heavy (non-hydrogen) atoms. The van der Waals surface area contributed by atoms with Crippen molar-refractivity contribution in [3.63, 3.8) is 0 Å². The van der Waals surface area contributed by atoms with Gasteiger partial charge in [0.25, 0.3) is 0 Å². The average molecular weight is 466 g/mol. The largest absolute Gasteiger partial charge is 0.460 e. The SMILES string of the molecule is CC(F)(F)OC(F)(F)C(F)(F)OC(F)(F)C(F)(F)C(F)(F)C(F)(F)C(F)(F)F. The Kier molecular flexibility index (Phi) is 6.33. The van der Waals surface area contributed by atoms with E-state index in [1.54, 1.807) is 0 Å². The first-order valence-electron chi connectivity index (χ1n) is 5.78. The van der Waals surface area contributed by atoms with Crippen molar-refractivity contribution < 1.29 is 84.1 Å². The molecule has 0 aromatic heterocycles. The van der Waals surface area contributed by atoms with E-state index in [-0.39, 0.29) is 0 Å². The van der Waals surface area contributed by atoms with Crippen molar-refractivity contribution in [2.75, 3.05) is 0 Å². The van der Waals surface area contributed by atoms with Crippen LogP contribution >= 0.6 is 0 Å². The van der Waals surface area contributed by atoms with Gasteiger partial charge in [-0.2, -0.15) is 74.6 Å². The third-order valence-corrected chi connectivity index (χ3v) is 2.41. The zero-order chi connectivity index (χ0) is 23.4. The molecule has 0 unspecified atom stereocenters. The standard InChI is InChI=1S/C9H3F17O2/c1-2(10,11)27-8(23,24)9(25,26)28-7(21,22)5(16,17)3(12,13)4(14,15)6(18,19)20/h1H3. The van der Waals surface area contributed by atoms with E-state index in [1.807, 2.05) is 4.74 Å². The number of hydrogen-bond donors (Lipinski definition) is 0. The Morgan fingerprint density at radius 1 is 0.393 bits per heavy atom. The summed E-state index contributed by atoms with van der Waals surface area (Å²) >= 11 is 0. The van der Waals surface area contributed by atoms with Gasteiger partial charge < -0.3 is 0 Å². The molecule has 0 fully saturated rings. The van der Waals surface area contributed by atoms with Crippen molar-refractivity contribution in [2.45, 2.75) is 55.3 Å². The summed E-state index contributed by atoms with van der Waals surface area (Å²) in [6.07, 6.45) is -35.2. The number of ether oxygens (including phenoxy) is 2. The van der Waals surface area contributed by atoms with Crippen LogP contribution in [-0.2, 0) is 9.47 Å². The number of hydrogen-bond acceptors (Lipinski definition) is 2. The van der Waals surface area contributed by atoms with Gasteiger partial charge in [-0.1, -0.05) is 0 Å². The third kappa shape index (κ3) is 4.48. The Morgan fingerprint density at radius 3 is 1.00 bits per heavy atom. The highest BCUT2D eigenvalue weighted by molar-refractivity contribution is 5.04. The van der Waals surface area contributed by atoms with Crippen molar-refractivity contribution in [2.24, 2.45) is 0 Å². The predicted octanol–water partition coefficient (Wildman–Crippen LogP) is 5.88. The molecule has 0 bridgehead atoms. The molecule has 0 heterocycles. The minimum Gasteiger partial charge on any atom is -0.248 e. The van der Waals surface area contributed by atoms with Crippen LogP contribution < -0.4 is 0 Å². The summed E-state index contributed by atoms with van der Waals surface area (Å²) in [6, 6.07) is 0. The molecule has 0 aliphatic carbocycles. The van der Waals surface area contributed by atoms with Crippen LogP contribution in [0.3, 0.4) is 0 Å². The molecule has 170 valence electrons. The predicted molar refractivity (Wildman–Crippen MR) is 48.5 cm³/mol. The number of alkyl halides is 17. The lowest BCUT2D eigenvalue weighted by atomic mass is 10.0. The summed E-state index contributed by atoms with van der Waals surface area (Å²) in [7, 11) is 0. The van der Waals surface area contributed by atoms with Gasteiger partial charge in [-0.3, -0.25) is 0 Å². The van der Waals surface area contributed by atoms with E-state index in [2.05, 4.69) is 0 Å². The van der Waals surface area contributed by atoms with Gasteiger partial charge in [0.15, 0.2) is 0 Å². The average Bonchev–Trinajstić information content (AvgIpc) is 2.31. The lowest BCUT2D eigenvalue weighted by Gasteiger charge is -2.38. The maximum Gasteiger partial charge on any atom is 0.460 e. The smallest absolute Gasteiger partial charge is 0.248 e. The zero-order valence-electron chi connectivity index (χ0n) is 12.2. The van der Waals surface area contributed by atoms with Gasteiger partial charge in [0.1, 0.15) is 0 Å². The molecule has 0 N–H and O–H groups in total. The van der Waals surface area contributed by atoms with E-state index in [1.165, 1.54) is 4.74 Å². The number of halogens is 17. The molecule has 0 saturated heterocycles. The number of rotatable bonds is 8. The van der Waals surface area contributed by atoms with Crippen LogP contribution in [0.5, 0.6) is 0 Å². The molecule has 0 aromatic carbocycles. The molecule has 0 aliphatic heterocycles. The highest BCUT2D eigenvalue weighted by atomic mass is 19.4. The molecule has 0 atom stereocenters. The van der Waals surface area contributed by atoms with Crippen LogP contribution in [0.2, 0.25) is 0 Å². The van der Waals surface area contributed by atoms with Crippen molar-refractivity contribution in [3.8, 4) is 0 Å².